The standard InChI is InChI=1S/C20H29F2N3O3/c1-11-13-8-12(20(13,2)3)9-14(11)24-15-10-23-25(16-6-4-5-7-27-16)18(26)17(15)28-19(21)22/h10-14,16,19,24H,4-9H2,1-3H3/t11-,12+,13-,14-,16?/m1/s1. The lowest BCUT2D eigenvalue weighted by atomic mass is 9.45. The molecule has 0 radical (unpaired) electrons. The zero-order valence-corrected chi connectivity index (χ0v) is 16.7. The number of aromatic nitrogens is 2. The Morgan fingerprint density at radius 2 is 2.14 bits per heavy atom. The van der Waals surface area contributed by atoms with Crippen molar-refractivity contribution in [3.8, 4) is 5.75 Å². The molecule has 5 atom stereocenters. The van der Waals surface area contributed by atoms with Crippen LogP contribution >= 0.6 is 0 Å². The average Bonchev–Trinajstić information content (AvgIpc) is 2.66. The molecule has 156 valence electrons. The lowest BCUT2D eigenvalue weighted by Gasteiger charge is -2.62. The highest BCUT2D eigenvalue weighted by atomic mass is 19.3. The number of hydrogen-bond donors (Lipinski definition) is 1. The molecule has 1 saturated heterocycles. The third-order valence-electron chi connectivity index (χ3n) is 7.29. The van der Waals surface area contributed by atoms with Crippen LogP contribution in [0.2, 0.25) is 0 Å². The molecule has 3 saturated carbocycles. The van der Waals surface area contributed by atoms with Gasteiger partial charge in [-0.2, -0.15) is 18.6 Å². The second kappa shape index (κ2) is 7.28. The van der Waals surface area contributed by atoms with Gasteiger partial charge in [-0.25, -0.2) is 0 Å². The van der Waals surface area contributed by atoms with E-state index in [4.69, 9.17) is 4.74 Å². The van der Waals surface area contributed by atoms with Crippen LogP contribution in [-0.4, -0.2) is 29.0 Å². The van der Waals surface area contributed by atoms with Crippen LogP contribution in [0.1, 0.15) is 59.1 Å². The summed E-state index contributed by atoms with van der Waals surface area (Å²) in [7, 11) is 0. The molecule has 6 nitrogen and oxygen atoms in total. The van der Waals surface area contributed by atoms with Gasteiger partial charge in [-0.1, -0.05) is 20.8 Å². The number of rotatable bonds is 5. The lowest BCUT2D eigenvalue weighted by molar-refractivity contribution is -0.105. The molecular formula is C20H29F2N3O3. The predicted octanol–water partition coefficient (Wildman–Crippen LogP) is 4.03. The third kappa shape index (κ3) is 3.29. The first kappa shape index (κ1) is 19.6. The number of nitrogens with zero attached hydrogens (tertiary/aromatic N) is 2. The molecule has 0 aromatic carbocycles. The molecular weight excluding hydrogens is 368 g/mol. The Hall–Kier alpha value is -1.70. The van der Waals surface area contributed by atoms with Crippen LogP contribution in [-0.2, 0) is 4.74 Å². The number of halogens is 2. The van der Waals surface area contributed by atoms with E-state index in [1.165, 1.54) is 12.6 Å². The highest BCUT2D eigenvalue weighted by molar-refractivity contribution is 5.54. The number of fused-ring (bicyclic) bond motifs is 2. The first-order valence-electron chi connectivity index (χ1n) is 10.2. The average molecular weight is 397 g/mol. The Kier molecular flexibility index (Phi) is 5.10. The number of hydrogen-bond acceptors (Lipinski definition) is 5. The molecule has 1 unspecified atom stereocenters. The van der Waals surface area contributed by atoms with Crippen molar-refractivity contribution in [1.82, 2.24) is 9.78 Å². The largest absolute Gasteiger partial charge is 0.427 e. The maximum absolute atomic E-state index is 13.0. The fourth-order valence-electron chi connectivity index (χ4n) is 5.42. The summed E-state index contributed by atoms with van der Waals surface area (Å²) in [6.07, 6.45) is 5.52. The molecule has 4 aliphatic rings. The molecule has 2 bridgehead atoms. The van der Waals surface area contributed by atoms with E-state index in [-0.39, 0.29) is 17.5 Å². The van der Waals surface area contributed by atoms with Gasteiger partial charge in [-0.05, 0) is 55.3 Å². The maximum Gasteiger partial charge on any atom is 0.387 e. The van der Waals surface area contributed by atoms with Gasteiger partial charge in [0.15, 0.2) is 6.23 Å². The van der Waals surface area contributed by atoms with Crippen molar-refractivity contribution >= 4 is 5.69 Å². The first-order chi connectivity index (χ1) is 13.3. The molecule has 1 aliphatic heterocycles. The van der Waals surface area contributed by atoms with Crippen molar-refractivity contribution in [3.05, 3.63) is 16.6 Å². The smallest absolute Gasteiger partial charge is 0.387 e. The third-order valence-corrected chi connectivity index (χ3v) is 7.29. The van der Waals surface area contributed by atoms with Gasteiger partial charge in [0.1, 0.15) is 5.69 Å². The monoisotopic (exact) mass is 397 g/mol. The fraction of sp³-hybridized carbons (Fsp3) is 0.800. The number of anilines is 1. The summed E-state index contributed by atoms with van der Waals surface area (Å²) in [5, 5.41) is 7.51. The van der Waals surface area contributed by atoms with Gasteiger partial charge in [0.25, 0.3) is 0 Å². The molecule has 0 amide bonds. The molecule has 4 fully saturated rings. The Bertz CT molecular complexity index is 776. The van der Waals surface area contributed by atoms with Gasteiger partial charge in [0.05, 0.1) is 6.20 Å². The maximum atomic E-state index is 13.0. The van der Waals surface area contributed by atoms with Crippen LogP contribution in [0, 0.1) is 23.2 Å². The lowest BCUT2D eigenvalue weighted by Crippen LogP contribution is -2.58. The van der Waals surface area contributed by atoms with Crippen LogP contribution in [0.4, 0.5) is 14.5 Å². The Morgan fingerprint density at radius 1 is 1.36 bits per heavy atom. The van der Waals surface area contributed by atoms with Crippen molar-refractivity contribution in [3.63, 3.8) is 0 Å². The van der Waals surface area contributed by atoms with E-state index in [1.807, 2.05) is 0 Å². The first-order valence-corrected chi connectivity index (χ1v) is 10.2. The molecule has 0 spiro atoms. The van der Waals surface area contributed by atoms with E-state index in [9.17, 15) is 13.6 Å². The van der Waals surface area contributed by atoms with E-state index in [0.29, 0.717) is 36.2 Å². The number of ether oxygens (including phenoxy) is 2. The summed E-state index contributed by atoms with van der Waals surface area (Å²) in [5.74, 6) is 1.20. The molecule has 8 heteroatoms. The van der Waals surface area contributed by atoms with Gasteiger partial charge in [0.2, 0.25) is 5.75 Å². The van der Waals surface area contributed by atoms with Crippen LogP contribution in [0.25, 0.3) is 0 Å². The van der Waals surface area contributed by atoms with E-state index >= 15 is 0 Å². The van der Waals surface area contributed by atoms with Gasteiger partial charge < -0.3 is 14.8 Å². The van der Waals surface area contributed by atoms with Crippen LogP contribution in [0.15, 0.2) is 11.0 Å². The van der Waals surface area contributed by atoms with E-state index in [0.717, 1.165) is 23.9 Å². The van der Waals surface area contributed by atoms with Crippen LogP contribution in [0.5, 0.6) is 5.75 Å². The van der Waals surface area contributed by atoms with Crippen LogP contribution in [0.3, 0.4) is 0 Å². The van der Waals surface area contributed by atoms with Gasteiger partial charge in [0, 0.05) is 12.6 Å². The zero-order chi connectivity index (χ0) is 20.1. The van der Waals surface area contributed by atoms with Crippen molar-refractivity contribution in [2.45, 2.75) is 71.8 Å². The van der Waals surface area contributed by atoms with E-state index in [1.54, 1.807) is 0 Å². The minimum atomic E-state index is -3.08. The normalized spacial score (nSPS) is 34.0. The number of nitrogens with one attached hydrogen (secondary N) is 1. The second-order valence-electron chi connectivity index (χ2n) is 9.04. The van der Waals surface area contributed by atoms with Crippen LogP contribution < -0.4 is 15.6 Å². The van der Waals surface area contributed by atoms with Crippen molar-refractivity contribution in [2.24, 2.45) is 23.2 Å². The predicted molar refractivity (Wildman–Crippen MR) is 101 cm³/mol. The summed E-state index contributed by atoms with van der Waals surface area (Å²) in [4.78, 5) is 12.8. The zero-order valence-electron chi connectivity index (χ0n) is 16.7. The summed E-state index contributed by atoms with van der Waals surface area (Å²) in [5.41, 5.74) is -0.112. The molecule has 28 heavy (non-hydrogen) atoms. The van der Waals surface area contributed by atoms with Gasteiger partial charge in [-0.15, -0.1) is 0 Å². The van der Waals surface area contributed by atoms with Crippen molar-refractivity contribution < 1.29 is 18.3 Å². The Balaban J connectivity index is 1.60. The molecule has 1 aromatic rings. The SMILES string of the molecule is C[C@@H]1[C@H]2C[C@@H](C[C@H]1Nc1cnn(C3CCCCO3)c(=O)c1OC(F)F)C2(C)C. The van der Waals surface area contributed by atoms with E-state index < -0.39 is 18.4 Å². The summed E-state index contributed by atoms with van der Waals surface area (Å²) >= 11 is 0. The summed E-state index contributed by atoms with van der Waals surface area (Å²) in [6.45, 7) is 4.25. The Morgan fingerprint density at radius 3 is 2.75 bits per heavy atom. The minimum absolute atomic E-state index is 0.111. The fourth-order valence-corrected chi connectivity index (χ4v) is 5.42. The van der Waals surface area contributed by atoms with Gasteiger partial charge in [-0.3, -0.25) is 4.79 Å². The number of alkyl halides is 2. The minimum Gasteiger partial charge on any atom is -0.427 e. The molecule has 5 rings (SSSR count). The summed E-state index contributed by atoms with van der Waals surface area (Å²) in [6, 6.07) is 0.111. The topological polar surface area (TPSA) is 65.4 Å². The molecule has 1 aromatic heterocycles. The van der Waals surface area contributed by atoms with Crippen molar-refractivity contribution in [2.75, 3.05) is 11.9 Å². The van der Waals surface area contributed by atoms with E-state index in [2.05, 4.69) is 35.9 Å². The quantitative estimate of drug-likeness (QED) is 0.813. The highest BCUT2D eigenvalue weighted by Crippen LogP contribution is 2.61. The molecule has 1 N–H and O–H groups in total. The highest BCUT2D eigenvalue weighted by Gasteiger charge is 2.56. The summed E-state index contributed by atoms with van der Waals surface area (Å²) < 4.78 is 37.4. The van der Waals surface area contributed by atoms with Crippen molar-refractivity contribution in [1.29, 1.82) is 0 Å². The Labute approximate surface area is 163 Å². The van der Waals surface area contributed by atoms with Gasteiger partial charge >= 0.3 is 12.2 Å². The second-order valence-corrected chi connectivity index (χ2v) is 9.04. The molecule has 2 heterocycles. The molecule has 3 aliphatic carbocycles.